The van der Waals surface area contributed by atoms with Crippen molar-refractivity contribution in [2.24, 2.45) is 0 Å². The fourth-order valence-electron chi connectivity index (χ4n) is 4.59. The molecule has 5 rings (SSSR count). The molecule has 0 unspecified atom stereocenters. The van der Waals surface area contributed by atoms with E-state index in [-0.39, 0.29) is 5.75 Å². The molecule has 0 amide bonds. The van der Waals surface area contributed by atoms with Crippen LogP contribution in [0.15, 0.2) is 53.6 Å². The number of H-pyrrole nitrogens is 1. The van der Waals surface area contributed by atoms with Crippen molar-refractivity contribution in [3.8, 4) is 22.8 Å². The number of benzene rings is 2. The molecule has 1 fully saturated rings. The number of ether oxygens (including phenoxy) is 2. The summed E-state index contributed by atoms with van der Waals surface area (Å²) in [6.45, 7) is 2.27. The highest BCUT2D eigenvalue weighted by atomic mass is 32.2. The zero-order valence-electron chi connectivity index (χ0n) is 20.4. The lowest BCUT2D eigenvalue weighted by Crippen LogP contribution is -2.28. The largest absolute Gasteiger partial charge is 0.493 e. The van der Waals surface area contributed by atoms with Gasteiger partial charge in [-0.25, -0.2) is 13.2 Å². The molecule has 0 radical (unpaired) electrons. The van der Waals surface area contributed by atoms with Gasteiger partial charge >= 0.3 is 5.69 Å². The Balaban J connectivity index is 1.64. The molecule has 4 aromatic rings. The van der Waals surface area contributed by atoms with Crippen LogP contribution in [0.5, 0.6) is 11.5 Å². The van der Waals surface area contributed by atoms with Gasteiger partial charge < -0.3 is 14.5 Å². The van der Waals surface area contributed by atoms with Gasteiger partial charge in [-0.2, -0.15) is 0 Å². The van der Waals surface area contributed by atoms with Gasteiger partial charge in [-0.1, -0.05) is 12.1 Å². The summed E-state index contributed by atoms with van der Waals surface area (Å²) in [7, 11) is -1.91. The Labute approximate surface area is 209 Å². The van der Waals surface area contributed by atoms with Crippen molar-refractivity contribution in [2.45, 2.75) is 31.7 Å². The van der Waals surface area contributed by atoms with E-state index in [9.17, 15) is 13.2 Å². The number of methoxy groups -OCH3 is 1. The monoisotopic (exact) mass is 508 g/mol. The van der Waals surface area contributed by atoms with E-state index in [4.69, 9.17) is 9.47 Å². The first-order valence-electron chi connectivity index (χ1n) is 11.8. The van der Waals surface area contributed by atoms with Crippen molar-refractivity contribution >= 4 is 20.9 Å². The van der Waals surface area contributed by atoms with Gasteiger partial charge in [0.2, 0.25) is 0 Å². The van der Waals surface area contributed by atoms with E-state index in [0.717, 1.165) is 29.8 Å². The minimum absolute atomic E-state index is 0.254. The van der Waals surface area contributed by atoms with Gasteiger partial charge in [0.05, 0.1) is 47.9 Å². The van der Waals surface area contributed by atoms with E-state index < -0.39 is 21.6 Å². The molecule has 0 spiro atoms. The van der Waals surface area contributed by atoms with E-state index in [2.05, 4.69) is 15.0 Å². The predicted molar refractivity (Wildman–Crippen MR) is 138 cm³/mol. The van der Waals surface area contributed by atoms with Gasteiger partial charge in [0.15, 0.2) is 11.5 Å². The molecular weight excluding hydrogens is 480 g/mol. The van der Waals surface area contributed by atoms with E-state index in [0.29, 0.717) is 40.6 Å². The summed E-state index contributed by atoms with van der Waals surface area (Å²) < 4.78 is 37.5. The SMILES string of the molecule is CCOc1cc([C@H](CS(C)(=O)=O)n2c(=O)[nH]c3cc(-c4nccnc4C4CC4)ccc32)ccc1OC. The number of rotatable bonds is 9. The minimum Gasteiger partial charge on any atom is -0.493 e. The molecular formula is C26H28N4O5S. The van der Waals surface area contributed by atoms with Crippen molar-refractivity contribution in [1.29, 1.82) is 0 Å². The molecule has 2 aromatic heterocycles. The summed E-state index contributed by atoms with van der Waals surface area (Å²) in [6.07, 6.45) is 6.73. The maximum Gasteiger partial charge on any atom is 0.327 e. The summed E-state index contributed by atoms with van der Waals surface area (Å²) in [4.78, 5) is 25.2. The summed E-state index contributed by atoms with van der Waals surface area (Å²) in [5.74, 6) is 1.18. The number of nitrogens with one attached hydrogen (secondary N) is 1. The molecule has 1 aliphatic rings. The van der Waals surface area contributed by atoms with E-state index >= 15 is 0 Å². The van der Waals surface area contributed by atoms with Crippen LogP contribution in [0.25, 0.3) is 22.3 Å². The minimum atomic E-state index is -3.45. The van der Waals surface area contributed by atoms with Gasteiger partial charge in [0, 0.05) is 30.1 Å². The molecule has 0 aliphatic heterocycles. The highest BCUT2D eigenvalue weighted by Crippen LogP contribution is 2.42. The van der Waals surface area contributed by atoms with Crippen LogP contribution in [0.2, 0.25) is 0 Å². The van der Waals surface area contributed by atoms with Crippen LogP contribution in [0.3, 0.4) is 0 Å². The van der Waals surface area contributed by atoms with Gasteiger partial charge in [0.25, 0.3) is 0 Å². The predicted octanol–water partition coefficient (Wildman–Crippen LogP) is 3.71. The zero-order valence-corrected chi connectivity index (χ0v) is 21.2. The molecule has 188 valence electrons. The number of fused-ring (bicyclic) bond motifs is 1. The number of nitrogens with zero attached hydrogens (tertiary/aromatic N) is 3. The second-order valence-corrected chi connectivity index (χ2v) is 11.2. The highest BCUT2D eigenvalue weighted by molar-refractivity contribution is 7.90. The molecule has 2 aromatic carbocycles. The van der Waals surface area contributed by atoms with Crippen molar-refractivity contribution in [2.75, 3.05) is 25.7 Å². The average Bonchev–Trinajstić information content (AvgIpc) is 3.64. The molecule has 1 N–H and O–H groups in total. The van der Waals surface area contributed by atoms with Gasteiger partial charge in [-0.15, -0.1) is 0 Å². The number of aromatic amines is 1. The average molecular weight is 509 g/mol. The summed E-state index contributed by atoms with van der Waals surface area (Å²) in [5, 5.41) is 0. The standard InChI is InChI=1S/C26H28N4O5S/c1-4-35-23-14-17(8-10-22(23)34-2)21(15-36(3,32)33)30-20-9-7-18(13-19(20)29-26(30)31)25-24(16-5-6-16)27-11-12-28-25/h7-14,16,21H,4-6,15H2,1-3H3,(H,29,31)/t21-/m0/s1. The molecule has 9 nitrogen and oxygen atoms in total. The fourth-order valence-corrected chi connectivity index (χ4v) is 5.51. The lowest BCUT2D eigenvalue weighted by Gasteiger charge is -2.20. The van der Waals surface area contributed by atoms with Gasteiger partial charge in [0.1, 0.15) is 9.84 Å². The Kier molecular flexibility index (Phi) is 6.29. The third-order valence-corrected chi connectivity index (χ3v) is 7.25. The Hall–Kier alpha value is -3.66. The Bertz CT molecular complexity index is 1590. The lowest BCUT2D eigenvalue weighted by molar-refractivity contribution is 0.310. The summed E-state index contributed by atoms with van der Waals surface area (Å²) in [5.41, 5.74) is 4.06. The quantitative estimate of drug-likeness (QED) is 0.366. The molecule has 1 atom stereocenters. The maximum absolute atomic E-state index is 13.2. The molecule has 10 heteroatoms. The molecule has 2 heterocycles. The maximum atomic E-state index is 13.2. The lowest BCUT2D eigenvalue weighted by atomic mass is 10.1. The number of sulfone groups is 1. The Morgan fingerprint density at radius 1 is 1.11 bits per heavy atom. The smallest absolute Gasteiger partial charge is 0.327 e. The zero-order chi connectivity index (χ0) is 25.4. The van der Waals surface area contributed by atoms with Crippen LogP contribution in [0, 0.1) is 0 Å². The normalized spacial score (nSPS) is 14.6. The van der Waals surface area contributed by atoms with Crippen LogP contribution in [-0.4, -0.2) is 53.7 Å². The number of hydrogen-bond acceptors (Lipinski definition) is 7. The topological polar surface area (TPSA) is 116 Å². The number of imidazole rings is 1. The molecule has 36 heavy (non-hydrogen) atoms. The number of hydrogen-bond donors (Lipinski definition) is 1. The van der Waals surface area contributed by atoms with E-state index in [1.54, 1.807) is 37.7 Å². The fraction of sp³-hybridized carbons (Fsp3) is 0.346. The first kappa shape index (κ1) is 24.1. The Morgan fingerprint density at radius 2 is 1.89 bits per heavy atom. The second-order valence-electron chi connectivity index (χ2n) is 9.05. The molecule has 1 saturated carbocycles. The van der Waals surface area contributed by atoms with Crippen molar-refractivity contribution in [3.63, 3.8) is 0 Å². The first-order chi connectivity index (χ1) is 17.3. The van der Waals surface area contributed by atoms with Crippen molar-refractivity contribution in [1.82, 2.24) is 19.5 Å². The Morgan fingerprint density at radius 3 is 2.58 bits per heavy atom. The van der Waals surface area contributed by atoms with E-state index in [1.165, 1.54) is 10.8 Å². The highest BCUT2D eigenvalue weighted by Gasteiger charge is 2.29. The third-order valence-electron chi connectivity index (χ3n) is 6.33. The third kappa shape index (κ3) is 4.73. The first-order valence-corrected chi connectivity index (χ1v) is 13.9. The van der Waals surface area contributed by atoms with Crippen LogP contribution in [0.4, 0.5) is 0 Å². The van der Waals surface area contributed by atoms with E-state index in [1.807, 2.05) is 25.1 Å². The molecule has 0 saturated heterocycles. The van der Waals surface area contributed by atoms with Crippen LogP contribution in [-0.2, 0) is 9.84 Å². The van der Waals surface area contributed by atoms with Crippen LogP contribution >= 0.6 is 0 Å². The summed E-state index contributed by atoms with van der Waals surface area (Å²) in [6, 6.07) is 10.1. The second kappa shape index (κ2) is 9.42. The van der Waals surface area contributed by atoms with Gasteiger partial charge in [-0.3, -0.25) is 14.5 Å². The van der Waals surface area contributed by atoms with Crippen LogP contribution < -0.4 is 15.2 Å². The molecule has 1 aliphatic carbocycles. The van der Waals surface area contributed by atoms with Crippen molar-refractivity contribution in [3.05, 3.63) is 70.5 Å². The van der Waals surface area contributed by atoms with Gasteiger partial charge in [-0.05, 0) is 49.6 Å². The summed E-state index contributed by atoms with van der Waals surface area (Å²) >= 11 is 0. The van der Waals surface area contributed by atoms with Crippen LogP contribution in [0.1, 0.15) is 43.0 Å². The van der Waals surface area contributed by atoms with Crippen molar-refractivity contribution < 1.29 is 17.9 Å². The molecule has 0 bridgehead atoms. The number of aromatic nitrogens is 4.